The van der Waals surface area contributed by atoms with Crippen LogP contribution in [0.3, 0.4) is 0 Å². The lowest BCUT2D eigenvalue weighted by atomic mass is 10.2. The molecule has 0 aliphatic heterocycles. The summed E-state index contributed by atoms with van der Waals surface area (Å²) in [4.78, 5) is 23.3. The summed E-state index contributed by atoms with van der Waals surface area (Å²) in [6.07, 6.45) is 1.63. The van der Waals surface area contributed by atoms with Gasteiger partial charge in [-0.15, -0.1) is 0 Å². The number of nitrogens with zero attached hydrogens (tertiary/aromatic N) is 5. The normalized spacial score (nSPS) is 12.0. The van der Waals surface area contributed by atoms with Crippen molar-refractivity contribution in [2.75, 3.05) is 5.32 Å². The molecule has 0 bridgehead atoms. The Bertz CT molecular complexity index is 1030. The number of benzene rings is 1. The molecule has 1 N–H and O–H groups in total. The average molecular weight is 403 g/mol. The molecule has 28 heavy (non-hydrogen) atoms. The van der Waals surface area contributed by atoms with Crippen LogP contribution in [0.15, 0.2) is 36.5 Å². The Labute approximate surface area is 166 Å². The molecule has 3 rings (SSSR count). The van der Waals surface area contributed by atoms with Crippen LogP contribution in [0.4, 0.5) is 11.5 Å². The second-order valence-electron chi connectivity index (χ2n) is 6.40. The van der Waals surface area contributed by atoms with Crippen molar-refractivity contribution in [1.29, 1.82) is 0 Å². The molecule has 3 aromatic rings. The Morgan fingerprint density at radius 2 is 1.96 bits per heavy atom. The fourth-order valence-corrected chi connectivity index (χ4v) is 3.16. The Morgan fingerprint density at radius 3 is 2.57 bits per heavy atom. The van der Waals surface area contributed by atoms with Gasteiger partial charge < -0.3 is 5.32 Å². The first-order valence-electron chi connectivity index (χ1n) is 8.55. The molecule has 146 valence electrons. The summed E-state index contributed by atoms with van der Waals surface area (Å²) >= 11 is 6.20. The molecule has 0 radical (unpaired) electrons. The van der Waals surface area contributed by atoms with Gasteiger partial charge in [-0.2, -0.15) is 10.2 Å². The number of hydrogen-bond acceptors (Lipinski definition) is 5. The molecule has 1 atom stereocenters. The third-order valence-corrected chi connectivity index (χ3v) is 4.64. The van der Waals surface area contributed by atoms with Crippen molar-refractivity contribution in [2.45, 2.75) is 33.4 Å². The van der Waals surface area contributed by atoms with E-state index in [9.17, 15) is 14.9 Å². The first-order chi connectivity index (χ1) is 13.3. The number of nitrogens with one attached hydrogen (secondary N) is 1. The molecule has 1 amide bonds. The predicted octanol–water partition coefficient (Wildman–Crippen LogP) is 3.51. The first kappa shape index (κ1) is 19.6. The van der Waals surface area contributed by atoms with E-state index in [0.717, 1.165) is 5.56 Å². The second kappa shape index (κ2) is 7.81. The number of aryl methyl sites for hydroxylation is 1. The predicted molar refractivity (Wildman–Crippen MR) is 104 cm³/mol. The van der Waals surface area contributed by atoms with E-state index in [1.165, 1.54) is 11.6 Å². The lowest BCUT2D eigenvalue weighted by molar-refractivity contribution is -0.386. The summed E-state index contributed by atoms with van der Waals surface area (Å²) in [5.74, 6) is -0.196. The molecule has 9 nitrogen and oxygen atoms in total. The van der Waals surface area contributed by atoms with Gasteiger partial charge >= 0.3 is 5.69 Å². The summed E-state index contributed by atoms with van der Waals surface area (Å²) in [7, 11) is 0. The number of amides is 1. The molecule has 2 aromatic heterocycles. The van der Waals surface area contributed by atoms with Gasteiger partial charge in [0.1, 0.15) is 22.5 Å². The van der Waals surface area contributed by atoms with E-state index in [1.807, 2.05) is 30.3 Å². The van der Waals surface area contributed by atoms with Gasteiger partial charge in [-0.1, -0.05) is 41.9 Å². The van der Waals surface area contributed by atoms with Crippen LogP contribution in [0.25, 0.3) is 0 Å². The van der Waals surface area contributed by atoms with Gasteiger partial charge in [0.25, 0.3) is 0 Å². The standard InChI is InChI=1S/C18H19ClN6O3/c1-11-16(25(27)28)12(2)24(21-11)13(3)18(26)20-17-15(19)10-23(22-17)9-14-7-5-4-6-8-14/h4-8,10,13H,9H2,1-3H3,(H,20,22,26). The zero-order chi connectivity index (χ0) is 20.4. The molecule has 0 aliphatic rings. The minimum atomic E-state index is -0.775. The van der Waals surface area contributed by atoms with E-state index in [-0.39, 0.29) is 17.2 Å². The fourth-order valence-electron chi connectivity index (χ4n) is 2.96. The van der Waals surface area contributed by atoms with Crippen molar-refractivity contribution in [3.8, 4) is 0 Å². The van der Waals surface area contributed by atoms with E-state index in [4.69, 9.17) is 11.6 Å². The van der Waals surface area contributed by atoms with E-state index < -0.39 is 16.9 Å². The molecule has 0 saturated heterocycles. The molecular weight excluding hydrogens is 384 g/mol. The number of nitro groups is 1. The number of carbonyl (C=O) groups excluding carboxylic acids is 1. The second-order valence-corrected chi connectivity index (χ2v) is 6.80. The van der Waals surface area contributed by atoms with Crippen LogP contribution in [0.1, 0.15) is 29.9 Å². The van der Waals surface area contributed by atoms with E-state index in [1.54, 1.807) is 24.7 Å². The monoisotopic (exact) mass is 402 g/mol. The summed E-state index contributed by atoms with van der Waals surface area (Å²) in [5.41, 5.74) is 1.52. The van der Waals surface area contributed by atoms with Crippen LogP contribution < -0.4 is 5.32 Å². The maximum absolute atomic E-state index is 12.6. The summed E-state index contributed by atoms with van der Waals surface area (Å²) in [6.45, 7) is 5.21. The van der Waals surface area contributed by atoms with Gasteiger partial charge in [0, 0.05) is 6.20 Å². The molecule has 1 unspecified atom stereocenters. The highest BCUT2D eigenvalue weighted by Crippen LogP contribution is 2.26. The third-order valence-electron chi connectivity index (χ3n) is 4.36. The molecule has 1 aromatic carbocycles. The number of hydrogen-bond donors (Lipinski definition) is 1. The fraction of sp³-hybridized carbons (Fsp3) is 0.278. The Kier molecular flexibility index (Phi) is 5.46. The summed E-state index contributed by atoms with van der Waals surface area (Å²) in [5, 5.41) is 22.6. The number of rotatable bonds is 6. The molecule has 0 saturated carbocycles. The van der Waals surface area contributed by atoms with Crippen molar-refractivity contribution in [2.24, 2.45) is 0 Å². The van der Waals surface area contributed by atoms with Crippen molar-refractivity contribution in [3.05, 3.63) is 68.6 Å². The zero-order valence-electron chi connectivity index (χ0n) is 15.6. The van der Waals surface area contributed by atoms with E-state index in [0.29, 0.717) is 17.3 Å². The van der Waals surface area contributed by atoms with Crippen LogP contribution >= 0.6 is 11.6 Å². The molecule has 0 aliphatic carbocycles. The number of carbonyl (C=O) groups is 1. The van der Waals surface area contributed by atoms with Crippen LogP contribution in [0, 0.1) is 24.0 Å². The third kappa shape index (κ3) is 3.89. The number of aromatic nitrogens is 4. The Hall–Kier alpha value is -3.20. The molecule has 0 fully saturated rings. The SMILES string of the molecule is Cc1nn(C(C)C(=O)Nc2nn(Cc3ccccc3)cc2Cl)c(C)c1[N+](=O)[O-]. The lowest BCUT2D eigenvalue weighted by Gasteiger charge is -2.13. The maximum Gasteiger partial charge on any atom is 0.312 e. The van der Waals surface area contributed by atoms with E-state index >= 15 is 0 Å². The quantitative estimate of drug-likeness (QED) is 0.501. The van der Waals surface area contributed by atoms with Crippen molar-refractivity contribution in [3.63, 3.8) is 0 Å². The van der Waals surface area contributed by atoms with Crippen LogP contribution in [0.2, 0.25) is 5.02 Å². The number of anilines is 1. The van der Waals surface area contributed by atoms with Gasteiger partial charge in [0.2, 0.25) is 5.91 Å². The van der Waals surface area contributed by atoms with Crippen molar-refractivity contribution < 1.29 is 9.72 Å². The van der Waals surface area contributed by atoms with Gasteiger partial charge in [0.15, 0.2) is 5.82 Å². The summed E-state index contributed by atoms with van der Waals surface area (Å²) in [6, 6.07) is 8.94. The van der Waals surface area contributed by atoms with Gasteiger partial charge in [0.05, 0.1) is 11.5 Å². The topological polar surface area (TPSA) is 108 Å². The van der Waals surface area contributed by atoms with Gasteiger partial charge in [-0.05, 0) is 26.3 Å². The van der Waals surface area contributed by atoms with Gasteiger partial charge in [-0.3, -0.25) is 24.3 Å². The number of halogens is 1. The highest BCUT2D eigenvalue weighted by Gasteiger charge is 2.27. The van der Waals surface area contributed by atoms with Gasteiger partial charge in [-0.25, -0.2) is 0 Å². The van der Waals surface area contributed by atoms with Crippen LogP contribution in [0.5, 0.6) is 0 Å². The molecule has 2 heterocycles. The highest BCUT2D eigenvalue weighted by molar-refractivity contribution is 6.33. The molecule has 0 spiro atoms. The summed E-state index contributed by atoms with van der Waals surface area (Å²) < 4.78 is 2.96. The minimum Gasteiger partial charge on any atom is -0.306 e. The maximum atomic E-state index is 12.6. The van der Waals surface area contributed by atoms with Crippen molar-refractivity contribution in [1.82, 2.24) is 19.6 Å². The van der Waals surface area contributed by atoms with Crippen LogP contribution in [-0.2, 0) is 11.3 Å². The minimum absolute atomic E-state index is 0.0928. The Morgan fingerprint density at radius 1 is 1.29 bits per heavy atom. The Balaban J connectivity index is 1.76. The first-order valence-corrected chi connectivity index (χ1v) is 8.93. The highest BCUT2D eigenvalue weighted by atomic mass is 35.5. The van der Waals surface area contributed by atoms with E-state index in [2.05, 4.69) is 15.5 Å². The largest absolute Gasteiger partial charge is 0.312 e. The van der Waals surface area contributed by atoms with Crippen molar-refractivity contribution >= 4 is 29.0 Å². The lowest BCUT2D eigenvalue weighted by Crippen LogP contribution is -2.25. The smallest absolute Gasteiger partial charge is 0.306 e. The average Bonchev–Trinajstić information content (AvgIpc) is 3.13. The van der Waals surface area contributed by atoms with Crippen LogP contribution in [-0.4, -0.2) is 30.4 Å². The zero-order valence-corrected chi connectivity index (χ0v) is 16.3. The molecular formula is C18H19ClN6O3. The molecule has 10 heteroatoms.